The highest BCUT2D eigenvalue weighted by Crippen LogP contribution is 2.16. The summed E-state index contributed by atoms with van der Waals surface area (Å²) in [7, 11) is 0. The Balaban J connectivity index is 3.31. The van der Waals surface area contributed by atoms with Gasteiger partial charge in [-0.25, -0.2) is 13.6 Å². The molecule has 13 heavy (non-hydrogen) atoms. The molecule has 0 radical (unpaired) electrons. The molecular weight excluding hydrogens is 182 g/mol. The first-order chi connectivity index (χ1) is 6.07. The minimum Gasteiger partial charge on any atom is -0.478 e. The summed E-state index contributed by atoms with van der Waals surface area (Å²) < 4.78 is 25.7. The van der Waals surface area contributed by atoms with E-state index in [4.69, 9.17) is 10.2 Å². The first-order valence-corrected chi connectivity index (χ1v) is 3.39. The van der Waals surface area contributed by atoms with Crippen molar-refractivity contribution in [2.45, 2.75) is 6.61 Å². The van der Waals surface area contributed by atoms with Crippen LogP contribution in [0.4, 0.5) is 8.78 Å². The van der Waals surface area contributed by atoms with E-state index >= 15 is 0 Å². The van der Waals surface area contributed by atoms with Crippen LogP contribution in [-0.4, -0.2) is 16.2 Å². The molecule has 0 atom stereocenters. The molecule has 0 spiro atoms. The van der Waals surface area contributed by atoms with Crippen LogP contribution in [0.15, 0.2) is 12.1 Å². The van der Waals surface area contributed by atoms with Gasteiger partial charge in [0.15, 0.2) is 11.6 Å². The minimum absolute atomic E-state index is 0.262. The molecule has 2 N–H and O–H groups in total. The van der Waals surface area contributed by atoms with Crippen molar-refractivity contribution < 1.29 is 23.8 Å². The van der Waals surface area contributed by atoms with Crippen molar-refractivity contribution in [1.82, 2.24) is 0 Å². The molecular formula is C8H6F2O3. The Morgan fingerprint density at radius 1 is 1.31 bits per heavy atom. The molecule has 3 nitrogen and oxygen atoms in total. The second kappa shape index (κ2) is 3.49. The van der Waals surface area contributed by atoms with Crippen molar-refractivity contribution >= 4 is 5.97 Å². The van der Waals surface area contributed by atoms with Crippen LogP contribution in [0.5, 0.6) is 0 Å². The lowest BCUT2D eigenvalue weighted by atomic mass is 10.1. The smallest absolute Gasteiger partial charge is 0.338 e. The van der Waals surface area contributed by atoms with Gasteiger partial charge < -0.3 is 10.2 Å². The summed E-state index contributed by atoms with van der Waals surface area (Å²) in [5, 5.41) is 16.9. The van der Waals surface area contributed by atoms with Crippen LogP contribution in [0.3, 0.4) is 0 Å². The number of carboxylic acids is 1. The van der Waals surface area contributed by atoms with Gasteiger partial charge in [-0.15, -0.1) is 0 Å². The third-order valence-corrected chi connectivity index (χ3v) is 1.56. The van der Waals surface area contributed by atoms with Gasteiger partial charge >= 0.3 is 5.97 Å². The van der Waals surface area contributed by atoms with Crippen LogP contribution < -0.4 is 0 Å². The number of hydrogen-bond acceptors (Lipinski definition) is 2. The molecule has 0 aliphatic heterocycles. The zero-order valence-corrected chi connectivity index (χ0v) is 6.42. The Labute approximate surface area is 72.2 Å². The molecule has 0 aliphatic carbocycles. The number of aromatic carboxylic acids is 1. The van der Waals surface area contributed by atoms with Gasteiger partial charge in [0, 0.05) is 5.56 Å². The maximum Gasteiger partial charge on any atom is 0.338 e. The average molecular weight is 188 g/mol. The number of aliphatic hydroxyl groups excluding tert-OH is 1. The van der Waals surface area contributed by atoms with Crippen molar-refractivity contribution in [1.29, 1.82) is 0 Å². The summed E-state index contributed by atoms with van der Waals surface area (Å²) in [5.74, 6) is -4.30. The summed E-state index contributed by atoms with van der Waals surface area (Å²) in [5.41, 5.74) is -1.00. The lowest BCUT2D eigenvalue weighted by molar-refractivity contribution is 0.0690. The number of halogens is 2. The summed E-state index contributed by atoms with van der Waals surface area (Å²) >= 11 is 0. The maximum absolute atomic E-state index is 12.8. The molecule has 0 heterocycles. The predicted molar refractivity (Wildman–Crippen MR) is 39.2 cm³/mol. The number of aliphatic hydroxyl groups is 1. The van der Waals surface area contributed by atoms with E-state index in [2.05, 4.69) is 0 Å². The highest BCUT2D eigenvalue weighted by molar-refractivity contribution is 5.87. The molecule has 0 aromatic heterocycles. The lowest BCUT2D eigenvalue weighted by Gasteiger charge is -2.02. The van der Waals surface area contributed by atoms with Crippen molar-refractivity contribution in [3.8, 4) is 0 Å². The topological polar surface area (TPSA) is 57.5 Å². The van der Waals surface area contributed by atoms with Crippen molar-refractivity contribution in [2.24, 2.45) is 0 Å². The second-order valence-electron chi connectivity index (χ2n) is 2.36. The molecule has 0 aliphatic rings. The molecule has 0 bridgehead atoms. The van der Waals surface area contributed by atoms with Gasteiger partial charge in [-0.05, 0) is 6.07 Å². The summed E-state index contributed by atoms with van der Waals surface area (Å²) in [4.78, 5) is 10.3. The van der Waals surface area contributed by atoms with E-state index in [0.29, 0.717) is 0 Å². The number of hydrogen-bond donors (Lipinski definition) is 2. The van der Waals surface area contributed by atoms with E-state index in [-0.39, 0.29) is 5.56 Å². The Kier molecular flexibility index (Phi) is 2.57. The van der Waals surface area contributed by atoms with E-state index in [1.165, 1.54) is 0 Å². The van der Waals surface area contributed by atoms with E-state index < -0.39 is 29.8 Å². The Bertz CT molecular complexity index is 349. The summed E-state index contributed by atoms with van der Waals surface area (Å²) in [6, 6.07) is 1.94. The summed E-state index contributed by atoms with van der Waals surface area (Å²) in [6.45, 7) is -0.664. The zero-order chi connectivity index (χ0) is 10.0. The number of benzene rings is 1. The van der Waals surface area contributed by atoms with Crippen LogP contribution >= 0.6 is 0 Å². The molecule has 0 unspecified atom stereocenters. The van der Waals surface area contributed by atoms with Gasteiger partial charge in [-0.1, -0.05) is 6.07 Å². The Morgan fingerprint density at radius 3 is 2.38 bits per heavy atom. The van der Waals surface area contributed by atoms with Gasteiger partial charge in [0.05, 0.1) is 12.2 Å². The third kappa shape index (κ3) is 1.65. The standard InChI is InChI=1S/C8H6F2O3/c9-6-4(3-11)1-2-5(7(6)10)8(12)13/h1-2,11H,3H2,(H,12,13). The van der Waals surface area contributed by atoms with Gasteiger partial charge in [-0.2, -0.15) is 0 Å². The Morgan fingerprint density at radius 2 is 1.92 bits per heavy atom. The van der Waals surface area contributed by atoms with Gasteiger partial charge in [0.25, 0.3) is 0 Å². The van der Waals surface area contributed by atoms with Crippen LogP contribution in [0.1, 0.15) is 15.9 Å². The lowest BCUT2D eigenvalue weighted by Crippen LogP contribution is -2.05. The Hall–Kier alpha value is -1.49. The molecule has 0 saturated carbocycles. The fraction of sp³-hybridized carbons (Fsp3) is 0.125. The zero-order valence-electron chi connectivity index (χ0n) is 6.42. The fourth-order valence-electron chi connectivity index (χ4n) is 0.877. The van der Waals surface area contributed by atoms with Crippen LogP contribution in [-0.2, 0) is 6.61 Å². The van der Waals surface area contributed by atoms with E-state index in [1.807, 2.05) is 0 Å². The van der Waals surface area contributed by atoms with Crippen LogP contribution in [0, 0.1) is 11.6 Å². The highest BCUT2D eigenvalue weighted by atomic mass is 19.2. The number of carboxylic acid groups (broad SMARTS) is 1. The first-order valence-electron chi connectivity index (χ1n) is 3.39. The average Bonchev–Trinajstić information content (AvgIpc) is 2.09. The van der Waals surface area contributed by atoms with Crippen LogP contribution in [0.25, 0.3) is 0 Å². The predicted octanol–water partition coefficient (Wildman–Crippen LogP) is 1.16. The van der Waals surface area contributed by atoms with Crippen molar-refractivity contribution in [3.05, 3.63) is 34.9 Å². The minimum atomic E-state index is -1.54. The number of carbonyl (C=O) groups is 1. The monoisotopic (exact) mass is 188 g/mol. The molecule has 1 aromatic carbocycles. The highest BCUT2D eigenvalue weighted by Gasteiger charge is 2.16. The largest absolute Gasteiger partial charge is 0.478 e. The maximum atomic E-state index is 12.8. The SMILES string of the molecule is O=C(O)c1ccc(CO)c(F)c1F. The van der Waals surface area contributed by atoms with Gasteiger partial charge in [-0.3, -0.25) is 0 Å². The van der Waals surface area contributed by atoms with Crippen molar-refractivity contribution in [3.63, 3.8) is 0 Å². The second-order valence-corrected chi connectivity index (χ2v) is 2.36. The summed E-state index contributed by atoms with van der Waals surface area (Å²) in [6.07, 6.45) is 0. The quantitative estimate of drug-likeness (QED) is 0.732. The molecule has 70 valence electrons. The van der Waals surface area contributed by atoms with Gasteiger partial charge in [0.2, 0.25) is 0 Å². The third-order valence-electron chi connectivity index (χ3n) is 1.56. The van der Waals surface area contributed by atoms with Gasteiger partial charge in [0.1, 0.15) is 0 Å². The molecule has 1 aromatic rings. The molecule has 0 fully saturated rings. The van der Waals surface area contributed by atoms with E-state index in [1.54, 1.807) is 0 Å². The first kappa shape index (κ1) is 9.60. The molecule has 0 saturated heterocycles. The number of rotatable bonds is 2. The van der Waals surface area contributed by atoms with Crippen LogP contribution in [0.2, 0.25) is 0 Å². The van der Waals surface area contributed by atoms with Crippen molar-refractivity contribution in [2.75, 3.05) is 0 Å². The molecule has 0 amide bonds. The molecule has 5 heteroatoms. The molecule has 1 rings (SSSR count). The normalized spacial score (nSPS) is 10.1. The fourth-order valence-corrected chi connectivity index (χ4v) is 0.877. The van der Waals surface area contributed by atoms with E-state index in [0.717, 1.165) is 12.1 Å². The van der Waals surface area contributed by atoms with E-state index in [9.17, 15) is 13.6 Å².